The van der Waals surface area contributed by atoms with Crippen LogP contribution in [0, 0.1) is 13.8 Å². The fourth-order valence-electron chi connectivity index (χ4n) is 2.63. The number of rotatable bonds is 5. The van der Waals surface area contributed by atoms with E-state index in [1.807, 2.05) is 31.2 Å². The summed E-state index contributed by atoms with van der Waals surface area (Å²) < 4.78 is 16.8. The SMILES string of the molecule is COC(=O)c1c(C(=O)OC)c(OC)n(Cc2ccc(C)cc2)c1C. The van der Waals surface area contributed by atoms with E-state index in [2.05, 4.69) is 0 Å². The van der Waals surface area contributed by atoms with Crippen LogP contribution in [0.1, 0.15) is 37.5 Å². The molecule has 0 spiro atoms. The molecule has 0 saturated carbocycles. The summed E-state index contributed by atoms with van der Waals surface area (Å²) in [6, 6.07) is 7.99. The molecule has 1 aromatic heterocycles. The van der Waals surface area contributed by atoms with E-state index in [0.29, 0.717) is 12.2 Å². The molecule has 2 aromatic rings. The fourth-order valence-corrected chi connectivity index (χ4v) is 2.63. The molecule has 0 aliphatic rings. The Balaban J connectivity index is 2.62. The summed E-state index contributed by atoms with van der Waals surface area (Å²) in [5, 5.41) is 0. The van der Waals surface area contributed by atoms with E-state index in [4.69, 9.17) is 14.2 Å². The van der Waals surface area contributed by atoms with Crippen LogP contribution in [0.2, 0.25) is 0 Å². The van der Waals surface area contributed by atoms with Gasteiger partial charge in [0.1, 0.15) is 5.56 Å². The highest BCUT2D eigenvalue weighted by atomic mass is 16.5. The molecule has 0 aliphatic carbocycles. The zero-order chi connectivity index (χ0) is 17.9. The van der Waals surface area contributed by atoms with Crippen LogP contribution < -0.4 is 4.74 Å². The van der Waals surface area contributed by atoms with E-state index in [0.717, 1.165) is 11.1 Å². The molecule has 2 rings (SSSR count). The Morgan fingerprint density at radius 3 is 1.96 bits per heavy atom. The van der Waals surface area contributed by atoms with Crippen molar-refractivity contribution in [2.45, 2.75) is 20.4 Å². The molecule has 0 unspecified atom stereocenters. The number of benzene rings is 1. The summed E-state index contributed by atoms with van der Waals surface area (Å²) >= 11 is 0. The first-order chi connectivity index (χ1) is 11.4. The van der Waals surface area contributed by atoms with E-state index in [9.17, 15) is 9.59 Å². The lowest BCUT2D eigenvalue weighted by Gasteiger charge is -2.11. The normalized spacial score (nSPS) is 10.4. The molecule has 0 N–H and O–H groups in total. The quantitative estimate of drug-likeness (QED) is 0.788. The molecule has 0 saturated heterocycles. The zero-order valence-electron chi connectivity index (χ0n) is 14.5. The minimum atomic E-state index is -0.641. The van der Waals surface area contributed by atoms with Crippen molar-refractivity contribution in [1.82, 2.24) is 4.57 Å². The third-order valence-corrected chi connectivity index (χ3v) is 3.91. The molecular weight excluding hydrogens is 310 g/mol. The lowest BCUT2D eigenvalue weighted by molar-refractivity contribution is 0.0553. The molecule has 6 heteroatoms. The Morgan fingerprint density at radius 2 is 1.46 bits per heavy atom. The molecular formula is C18H21NO5. The van der Waals surface area contributed by atoms with Crippen molar-refractivity contribution in [3.05, 3.63) is 52.2 Å². The van der Waals surface area contributed by atoms with Crippen LogP contribution >= 0.6 is 0 Å². The van der Waals surface area contributed by atoms with Crippen molar-refractivity contribution in [3.63, 3.8) is 0 Å². The van der Waals surface area contributed by atoms with E-state index >= 15 is 0 Å². The van der Waals surface area contributed by atoms with Crippen molar-refractivity contribution < 1.29 is 23.8 Å². The number of nitrogens with zero attached hydrogens (tertiary/aromatic N) is 1. The molecule has 6 nitrogen and oxygen atoms in total. The molecule has 128 valence electrons. The second-order valence-corrected chi connectivity index (χ2v) is 5.40. The molecule has 0 bridgehead atoms. The first-order valence-electron chi connectivity index (χ1n) is 7.43. The highest BCUT2D eigenvalue weighted by Gasteiger charge is 2.31. The van der Waals surface area contributed by atoms with Crippen LogP contribution in [0.4, 0.5) is 0 Å². The van der Waals surface area contributed by atoms with Crippen LogP contribution in [0.5, 0.6) is 5.88 Å². The average Bonchev–Trinajstić information content (AvgIpc) is 2.87. The lowest BCUT2D eigenvalue weighted by atomic mass is 10.1. The number of carbonyl (C=O) groups is 2. The number of esters is 2. The summed E-state index contributed by atoms with van der Waals surface area (Å²) in [5.41, 5.74) is 3.00. The summed E-state index contributed by atoms with van der Waals surface area (Å²) in [6.45, 7) is 4.21. The lowest BCUT2D eigenvalue weighted by Crippen LogP contribution is -2.11. The highest BCUT2D eigenvalue weighted by Crippen LogP contribution is 2.31. The van der Waals surface area contributed by atoms with Crippen LogP contribution in [-0.4, -0.2) is 37.8 Å². The first-order valence-corrected chi connectivity index (χ1v) is 7.43. The number of hydrogen-bond donors (Lipinski definition) is 0. The molecule has 1 heterocycles. The van der Waals surface area contributed by atoms with E-state index in [1.165, 1.54) is 21.3 Å². The second kappa shape index (κ2) is 7.21. The van der Waals surface area contributed by atoms with Gasteiger partial charge in [-0.1, -0.05) is 29.8 Å². The minimum absolute atomic E-state index is 0.0801. The van der Waals surface area contributed by atoms with Crippen LogP contribution in [0.3, 0.4) is 0 Å². The van der Waals surface area contributed by atoms with Gasteiger partial charge in [0.15, 0.2) is 0 Å². The molecule has 0 atom stereocenters. The number of aryl methyl sites for hydroxylation is 1. The van der Waals surface area contributed by atoms with E-state index in [1.54, 1.807) is 11.5 Å². The maximum absolute atomic E-state index is 12.2. The van der Waals surface area contributed by atoms with E-state index in [-0.39, 0.29) is 17.0 Å². The summed E-state index contributed by atoms with van der Waals surface area (Å²) in [5.74, 6) is -0.966. The van der Waals surface area contributed by atoms with Gasteiger partial charge in [0.05, 0.1) is 33.4 Å². The van der Waals surface area contributed by atoms with Gasteiger partial charge in [-0.2, -0.15) is 0 Å². The summed E-state index contributed by atoms with van der Waals surface area (Å²) in [7, 11) is 3.98. The Hall–Kier alpha value is -2.76. The predicted molar refractivity (Wildman–Crippen MR) is 88.7 cm³/mol. The molecule has 0 aliphatic heterocycles. The molecule has 1 aromatic carbocycles. The Labute approximate surface area is 140 Å². The fraction of sp³-hybridized carbons (Fsp3) is 0.333. The maximum Gasteiger partial charge on any atom is 0.344 e. The molecule has 0 fully saturated rings. The second-order valence-electron chi connectivity index (χ2n) is 5.40. The van der Waals surface area contributed by atoms with Crippen molar-refractivity contribution in [2.24, 2.45) is 0 Å². The number of ether oxygens (including phenoxy) is 3. The number of hydrogen-bond acceptors (Lipinski definition) is 5. The van der Waals surface area contributed by atoms with Gasteiger partial charge in [-0.05, 0) is 19.4 Å². The monoisotopic (exact) mass is 331 g/mol. The molecule has 24 heavy (non-hydrogen) atoms. The largest absolute Gasteiger partial charge is 0.482 e. The number of carbonyl (C=O) groups excluding carboxylic acids is 2. The van der Waals surface area contributed by atoms with Gasteiger partial charge in [0, 0.05) is 5.69 Å². The van der Waals surface area contributed by atoms with Gasteiger partial charge in [-0.3, -0.25) is 0 Å². The van der Waals surface area contributed by atoms with Crippen LogP contribution in [0.25, 0.3) is 0 Å². The number of aromatic nitrogens is 1. The smallest absolute Gasteiger partial charge is 0.344 e. The van der Waals surface area contributed by atoms with Crippen molar-refractivity contribution in [1.29, 1.82) is 0 Å². The topological polar surface area (TPSA) is 66.8 Å². The van der Waals surface area contributed by atoms with Crippen LogP contribution in [-0.2, 0) is 16.0 Å². The van der Waals surface area contributed by atoms with Gasteiger partial charge < -0.3 is 18.8 Å². The zero-order valence-corrected chi connectivity index (χ0v) is 14.5. The van der Waals surface area contributed by atoms with Gasteiger partial charge in [0.2, 0.25) is 5.88 Å². The van der Waals surface area contributed by atoms with Gasteiger partial charge in [0.25, 0.3) is 0 Å². The Bertz CT molecular complexity index is 759. The molecule has 0 radical (unpaired) electrons. The maximum atomic E-state index is 12.2. The third-order valence-electron chi connectivity index (χ3n) is 3.91. The summed E-state index contributed by atoms with van der Waals surface area (Å²) in [6.07, 6.45) is 0. The predicted octanol–water partition coefficient (Wildman–Crippen LogP) is 2.74. The van der Waals surface area contributed by atoms with E-state index < -0.39 is 11.9 Å². The standard InChI is InChI=1S/C18H21NO5/c1-11-6-8-13(9-7-11)10-19-12(2)14(17(20)23-4)15(16(19)22-3)18(21)24-5/h6-9H,10H2,1-5H3. The Morgan fingerprint density at radius 1 is 0.917 bits per heavy atom. The molecule has 0 amide bonds. The average molecular weight is 331 g/mol. The van der Waals surface area contributed by atoms with Gasteiger partial charge >= 0.3 is 11.9 Å². The van der Waals surface area contributed by atoms with Crippen LogP contribution in [0.15, 0.2) is 24.3 Å². The minimum Gasteiger partial charge on any atom is -0.482 e. The highest BCUT2D eigenvalue weighted by molar-refractivity contribution is 6.06. The van der Waals surface area contributed by atoms with Gasteiger partial charge in [-0.15, -0.1) is 0 Å². The summed E-state index contributed by atoms with van der Waals surface area (Å²) in [4.78, 5) is 24.3. The number of methoxy groups -OCH3 is 3. The van der Waals surface area contributed by atoms with Crippen molar-refractivity contribution in [3.8, 4) is 5.88 Å². The van der Waals surface area contributed by atoms with Crippen molar-refractivity contribution >= 4 is 11.9 Å². The van der Waals surface area contributed by atoms with Gasteiger partial charge in [-0.25, -0.2) is 9.59 Å². The Kier molecular flexibility index (Phi) is 5.28. The van der Waals surface area contributed by atoms with Crippen molar-refractivity contribution in [2.75, 3.05) is 21.3 Å². The third kappa shape index (κ3) is 3.13. The first kappa shape index (κ1) is 17.6.